The third-order valence-electron chi connectivity index (χ3n) is 5.53. The summed E-state index contributed by atoms with van der Waals surface area (Å²) in [5.41, 5.74) is 2.76. The predicted molar refractivity (Wildman–Crippen MR) is 122 cm³/mol. The number of para-hydroxylation sites is 1. The highest BCUT2D eigenvalue weighted by Gasteiger charge is 2.21. The first-order chi connectivity index (χ1) is 16.2. The maximum Gasteiger partial charge on any atom is 0.273 e. The molecule has 4 aromatic rings. The minimum absolute atomic E-state index is 0.132. The molecule has 1 aliphatic heterocycles. The van der Waals surface area contributed by atoms with Gasteiger partial charge < -0.3 is 19.5 Å². The number of anilines is 1. The molecule has 0 saturated carbocycles. The third-order valence-corrected chi connectivity index (χ3v) is 5.53. The highest BCUT2D eigenvalue weighted by molar-refractivity contribution is 5.95. The van der Waals surface area contributed by atoms with E-state index in [2.05, 4.69) is 15.5 Å². The molecule has 166 valence electrons. The van der Waals surface area contributed by atoms with E-state index in [1.165, 1.54) is 0 Å². The standard InChI is InChI=1S/C25H22N4O4/c30-23-7-3-13-29(23)19-10-8-17(9-11-19)15-27-25(31)21-14-20(33-28-21)16-32-22-6-1-4-18-5-2-12-26-24(18)22/h1-2,4-6,8-12,14H,3,7,13,15-16H2,(H,27,31). The van der Waals surface area contributed by atoms with Crippen LogP contribution in [0, 0.1) is 0 Å². The van der Waals surface area contributed by atoms with Gasteiger partial charge in [-0.05, 0) is 36.2 Å². The van der Waals surface area contributed by atoms with E-state index in [-0.39, 0.29) is 24.1 Å². The molecular formula is C25H22N4O4. The maximum absolute atomic E-state index is 12.5. The summed E-state index contributed by atoms with van der Waals surface area (Å²) in [6.07, 6.45) is 3.20. The molecule has 0 unspecified atom stereocenters. The fourth-order valence-electron chi connectivity index (χ4n) is 3.82. The second-order valence-electron chi connectivity index (χ2n) is 7.80. The van der Waals surface area contributed by atoms with Crippen molar-refractivity contribution in [3.63, 3.8) is 0 Å². The van der Waals surface area contributed by atoms with Crippen molar-refractivity contribution in [3.8, 4) is 5.75 Å². The highest BCUT2D eigenvalue weighted by atomic mass is 16.5. The van der Waals surface area contributed by atoms with Crippen LogP contribution < -0.4 is 15.0 Å². The molecule has 1 N–H and O–H groups in total. The van der Waals surface area contributed by atoms with Gasteiger partial charge >= 0.3 is 0 Å². The number of nitrogens with zero attached hydrogens (tertiary/aromatic N) is 3. The number of fused-ring (bicyclic) bond motifs is 1. The van der Waals surface area contributed by atoms with Gasteiger partial charge in [-0.1, -0.05) is 35.5 Å². The van der Waals surface area contributed by atoms with Crippen LogP contribution in [0.5, 0.6) is 5.75 Å². The highest BCUT2D eigenvalue weighted by Crippen LogP contribution is 2.24. The minimum atomic E-state index is -0.337. The lowest BCUT2D eigenvalue weighted by Gasteiger charge is -2.16. The van der Waals surface area contributed by atoms with E-state index in [4.69, 9.17) is 9.26 Å². The van der Waals surface area contributed by atoms with Crippen LogP contribution in [0.4, 0.5) is 5.69 Å². The molecule has 2 aromatic carbocycles. The number of hydrogen-bond donors (Lipinski definition) is 1. The Morgan fingerprint density at radius 1 is 1.12 bits per heavy atom. The van der Waals surface area contributed by atoms with Crippen LogP contribution in [0.15, 0.2) is 71.4 Å². The Morgan fingerprint density at radius 3 is 2.79 bits per heavy atom. The molecule has 0 spiro atoms. The number of amides is 2. The van der Waals surface area contributed by atoms with Crippen LogP contribution in [0.25, 0.3) is 10.9 Å². The van der Waals surface area contributed by atoms with Crippen LogP contribution in [0.3, 0.4) is 0 Å². The van der Waals surface area contributed by atoms with Gasteiger partial charge in [-0.25, -0.2) is 0 Å². The SMILES string of the molecule is O=C(NCc1ccc(N2CCCC2=O)cc1)c1cc(COc2cccc3cccnc23)on1. The lowest BCUT2D eigenvalue weighted by molar-refractivity contribution is -0.117. The molecule has 0 atom stereocenters. The van der Waals surface area contributed by atoms with Crippen molar-refractivity contribution in [2.45, 2.75) is 26.0 Å². The van der Waals surface area contributed by atoms with Gasteiger partial charge in [-0.3, -0.25) is 14.6 Å². The Hall–Kier alpha value is -4.20. The van der Waals surface area contributed by atoms with Crippen LogP contribution in [-0.2, 0) is 17.9 Å². The van der Waals surface area contributed by atoms with E-state index in [0.29, 0.717) is 24.5 Å². The minimum Gasteiger partial charge on any atom is -0.483 e. The van der Waals surface area contributed by atoms with Crippen molar-refractivity contribution in [1.82, 2.24) is 15.5 Å². The largest absolute Gasteiger partial charge is 0.483 e. The third kappa shape index (κ3) is 4.55. The number of carbonyl (C=O) groups excluding carboxylic acids is 2. The van der Waals surface area contributed by atoms with Crippen molar-refractivity contribution in [3.05, 3.63) is 83.9 Å². The molecule has 2 aromatic heterocycles. The second-order valence-corrected chi connectivity index (χ2v) is 7.80. The second kappa shape index (κ2) is 9.12. The summed E-state index contributed by atoms with van der Waals surface area (Å²) in [4.78, 5) is 30.5. The maximum atomic E-state index is 12.5. The first-order valence-electron chi connectivity index (χ1n) is 10.8. The fourth-order valence-corrected chi connectivity index (χ4v) is 3.82. The van der Waals surface area contributed by atoms with E-state index >= 15 is 0 Å². The summed E-state index contributed by atoms with van der Waals surface area (Å²) in [5.74, 6) is 0.886. The normalized spacial score (nSPS) is 13.5. The molecule has 1 fully saturated rings. The van der Waals surface area contributed by atoms with E-state index in [1.807, 2.05) is 54.6 Å². The Balaban J connectivity index is 1.16. The van der Waals surface area contributed by atoms with Crippen LogP contribution in [0.1, 0.15) is 34.7 Å². The molecule has 1 saturated heterocycles. The molecule has 8 heteroatoms. The van der Waals surface area contributed by atoms with Crippen molar-refractivity contribution >= 4 is 28.4 Å². The molecule has 33 heavy (non-hydrogen) atoms. The zero-order chi connectivity index (χ0) is 22.6. The van der Waals surface area contributed by atoms with Gasteiger partial charge in [0.15, 0.2) is 11.5 Å². The number of rotatable bonds is 7. The first kappa shape index (κ1) is 20.7. The molecule has 3 heterocycles. The molecule has 8 nitrogen and oxygen atoms in total. The van der Waals surface area contributed by atoms with Gasteiger partial charge in [-0.2, -0.15) is 0 Å². The number of benzene rings is 2. The number of pyridine rings is 1. The quantitative estimate of drug-likeness (QED) is 0.467. The van der Waals surface area contributed by atoms with Gasteiger partial charge in [0.1, 0.15) is 17.9 Å². The van der Waals surface area contributed by atoms with Crippen molar-refractivity contribution in [2.24, 2.45) is 0 Å². The molecular weight excluding hydrogens is 420 g/mol. The Labute approximate surface area is 190 Å². The van der Waals surface area contributed by atoms with Crippen LogP contribution >= 0.6 is 0 Å². The van der Waals surface area contributed by atoms with Crippen molar-refractivity contribution in [1.29, 1.82) is 0 Å². The summed E-state index contributed by atoms with van der Waals surface area (Å²) >= 11 is 0. The lowest BCUT2D eigenvalue weighted by Crippen LogP contribution is -2.24. The summed E-state index contributed by atoms with van der Waals surface area (Å²) in [6, 6.07) is 18.7. The Kier molecular flexibility index (Phi) is 5.72. The van der Waals surface area contributed by atoms with E-state index in [1.54, 1.807) is 17.2 Å². The van der Waals surface area contributed by atoms with Gasteiger partial charge in [0.2, 0.25) is 5.91 Å². The zero-order valence-corrected chi connectivity index (χ0v) is 17.9. The number of ether oxygens (including phenoxy) is 1. The monoisotopic (exact) mass is 442 g/mol. The Morgan fingerprint density at radius 2 is 1.97 bits per heavy atom. The van der Waals surface area contributed by atoms with E-state index in [9.17, 15) is 9.59 Å². The van der Waals surface area contributed by atoms with E-state index < -0.39 is 0 Å². The molecule has 0 bridgehead atoms. The topological polar surface area (TPSA) is 97.6 Å². The predicted octanol–water partition coefficient (Wildman–Crippen LogP) is 3.86. The van der Waals surface area contributed by atoms with Crippen molar-refractivity contribution < 1.29 is 18.8 Å². The summed E-state index contributed by atoms with van der Waals surface area (Å²) in [5, 5.41) is 7.66. The fraction of sp³-hybridized carbons (Fsp3) is 0.200. The Bertz CT molecular complexity index is 1290. The smallest absolute Gasteiger partial charge is 0.273 e. The van der Waals surface area contributed by atoms with Gasteiger partial charge in [0.25, 0.3) is 5.91 Å². The van der Waals surface area contributed by atoms with E-state index in [0.717, 1.165) is 35.1 Å². The van der Waals surface area contributed by atoms with Crippen LogP contribution in [-0.4, -0.2) is 28.5 Å². The van der Waals surface area contributed by atoms with Gasteiger partial charge in [-0.15, -0.1) is 0 Å². The number of carbonyl (C=O) groups is 2. The molecule has 2 amide bonds. The van der Waals surface area contributed by atoms with Gasteiger partial charge in [0, 0.05) is 42.8 Å². The average molecular weight is 442 g/mol. The summed E-state index contributed by atoms with van der Waals surface area (Å²) in [6.45, 7) is 1.23. The summed E-state index contributed by atoms with van der Waals surface area (Å²) in [7, 11) is 0. The molecule has 5 rings (SSSR count). The number of nitrogens with one attached hydrogen (secondary N) is 1. The molecule has 0 radical (unpaired) electrons. The van der Waals surface area contributed by atoms with Crippen molar-refractivity contribution in [2.75, 3.05) is 11.4 Å². The first-order valence-corrected chi connectivity index (χ1v) is 10.8. The number of hydrogen-bond acceptors (Lipinski definition) is 6. The summed E-state index contributed by atoms with van der Waals surface area (Å²) < 4.78 is 11.1. The van der Waals surface area contributed by atoms with Gasteiger partial charge in [0.05, 0.1) is 0 Å². The zero-order valence-electron chi connectivity index (χ0n) is 17.9. The molecule has 0 aliphatic carbocycles. The van der Waals surface area contributed by atoms with Crippen LogP contribution in [0.2, 0.25) is 0 Å². The lowest BCUT2D eigenvalue weighted by atomic mass is 10.2. The number of aromatic nitrogens is 2. The molecule has 1 aliphatic rings. The average Bonchev–Trinajstić information content (AvgIpc) is 3.51.